The van der Waals surface area contributed by atoms with Crippen molar-refractivity contribution in [2.45, 2.75) is 31.8 Å². The van der Waals surface area contributed by atoms with Gasteiger partial charge in [-0.2, -0.15) is 5.10 Å². The molecule has 5 rings (SSSR count). The zero-order valence-electron chi connectivity index (χ0n) is 16.7. The normalized spacial score (nSPS) is 19.5. The fourth-order valence-corrected chi connectivity index (χ4v) is 4.27. The van der Waals surface area contributed by atoms with Crippen LogP contribution < -0.4 is 10.2 Å². The second kappa shape index (κ2) is 7.33. The van der Waals surface area contributed by atoms with Crippen molar-refractivity contribution in [3.63, 3.8) is 0 Å². The topological polar surface area (TPSA) is 74.7 Å². The van der Waals surface area contributed by atoms with E-state index in [-0.39, 0.29) is 0 Å². The van der Waals surface area contributed by atoms with Crippen molar-refractivity contribution in [2.75, 3.05) is 18.5 Å². The number of piperidine rings is 1. The van der Waals surface area contributed by atoms with Crippen LogP contribution in [0.1, 0.15) is 19.8 Å². The number of fused-ring (bicyclic) bond motifs is 1. The Labute approximate surface area is 169 Å². The largest absolute Gasteiger partial charge is 0.361 e. The van der Waals surface area contributed by atoms with Gasteiger partial charge in [-0.1, -0.05) is 0 Å². The summed E-state index contributed by atoms with van der Waals surface area (Å²) >= 11 is 0. The molecule has 4 aromatic rings. The fraction of sp³-hybridized carbons (Fsp3) is 0.318. The monoisotopic (exact) mass is 387 g/mol. The highest BCUT2D eigenvalue weighted by atomic mass is 15.3. The quantitative estimate of drug-likeness (QED) is 0.561. The van der Waals surface area contributed by atoms with Crippen molar-refractivity contribution in [3.05, 3.63) is 55.0 Å². The highest BCUT2D eigenvalue weighted by molar-refractivity contribution is 5.98. The first-order chi connectivity index (χ1) is 14.2. The van der Waals surface area contributed by atoms with E-state index in [1.54, 1.807) is 6.20 Å². The van der Waals surface area contributed by atoms with Crippen molar-refractivity contribution >= 4 is 16.7 Å². The van der Waals surface area contributed by atoms with Crippen LogP contribution in [0.3, 0.4) is 0 Å². The second-order valence-electron chi connectivity index (χ2n) is 7.77. The number of nitrogens with one attached hydrogen (secondary N) is 2. The number of nitrogens with zero attached hydrogens (tertiary/aromatic N) is 5. The van der Waals surface area contributed by atoms with Gasteiger partial charge in [0.15, 0.2) is 5.82 Å². The molecule has 148 valence electrons. The van der Waals surface area contributed by atoms with Gasteiger partial charge in [-0.25, -0.2) is 4.68 Å². The first-order valence-corrected chi connectivity index (χ1v) is 10.1. The first-order valence-electron chi connectivity index (χ1n) is 10.1. The Balaban J connectivity index is 1.45. The van der Waals surface area contributed by atoms with E-state index in [4.69, 9.17) is 0 Å². The SMILES string of the molecule is C[C@H]1C[C@H](N(C)c2ccc(-c3ccc(-n4cccn4)c4cc[nH]c34)nn2)CCN1. The van der Waals surface area contributed by atoms with Crippen LogP contribution in [0.5, 0.6) is 0 Å². The van der Waals surface area contributed by atoms with Gasteiger partial charge in [0.25, 0.3) is 0 Å². The van der Waals surface area contributed by atoms with Crippen LogP contribution >= 0.6 is 0 Å². The summed E-state index contributed by atoms with van der Waals surface area (Å²) in [6, 6.07) is 13.3. The van der Waals surface area contributed by atoms with Gasteiger partial charge in [0.05, 0.1) is 16.9 Å². The van der Waals surface area contributed by atoms with Crippen molar-refractivity contribution in [1.29, 1.82) is 0 Å². The van der Waals surface area contributed by atoms with E-state index in [2.05, 4.69) is 74.8 Å². The van der Waals surface area contributed by atoms with Gasteiger partial charge in [0, 0.05) is 48.7 Å². The zero-order chi connectivity index (χ0) is 19.8. The minimum absolute atomic E-state index is 0.495. The van der Waals surface area contributed by atoms with Crippen molar-refractivity contribution in [3.8, 4) is 16.9 Å². The zero-order valence-corrected chi connectivity index (χ0v) is 16.7. The lowest BCUT2D eigenvalue weighted by molar-refractivity contribution is 0.370. The third-order valence-corrected chi connectivity index (χ3v) is 5.88. The molecule has 0 unspecified atom stereocenters. The molecule has 4 heterocycles. The fourth-order valence-electron chi connectivity index (χ4n) is 4.27. The van der Waals surface area contributed by atoms with E-state index >= 15 is 0 Å². The summed E-state index contributed by atoms with van der Waals surface area (Å²) in [5.74, 6) is 0.920. The van der Waals surface area contributed by atoms with Crippen molar-refractivity contribution in [2.24, 2.45) is 0 Å². The van der Waals surface area contributed by atoms with Crippen LogP contribution in [0, 0.1) is 0 Å². The highest BCUT2D eigenvalue weighted by Gasteiger charge is 2.23. The lowest BCUT2D eigenvalue weighted by atomic mass is 9.99. The number of aromatic amines is 1. The maximum atomic E-state index is 4.56. The molecule has 2 N–H and O–H groups in total. The molecular formula is C22H25N7. The molecule has 0 bridgehead atoms. The number of rotatable bonds is 4. The van der Waals surface area contributed by atoms with Crippen LogP contribution in [0.15, 0.2) is 55.0 Å². The average molecular weight is 387 g/mol. The second-order valence-corrected chi connectivity index (χ2v) is 7.77. The minimum atomic E-state index is 0.495. The first kappa shape index (κ1) is 17.9. The molecule has 0 amide bonds. The van der Waals surface area contributed by atoms with Gasteiger partial charge in [-0.05, 0) is 62.7 Å². The average Bonchev–Trinajstić information content (AvgIpc) is 3.45. The number of hydrogen-bond donors (Lipinski definition) is 2. The van der Waals surface area contributed by atoms with Gasteiger partial charge in [0.1, 0.15) is 0 Å². The Hall–Kier alpha value is -3.19. The molecular weight excluding hydrogens is 362 g/mol. The van der Waals surface area contributed by atoms with E-state index in [1.807, 2.05) is 23.1 Å². The molecule has 0 saturated carbocycles. The van der Waals surface area contributed by atoms with E-state index < -0.39 is 0 Å². The smallest absolute Gasteiger partial charge is 0.151 e. The van der Waals surface area contributed by atoms with Crippen molar-refractivity contribution < 1.29 is 0 Å². The van der Waals surface area contributed by atoms with E-state index in [1.165, 1.54) is 0 Å². The summed E-state index contributed by atoms with van der Waals surface area (Å²) in [4.78, 5) is 5.62. The van der Waals surface area contributed by atoms with Gasteiger partial charge < -0.3 is 15.2 Å². The summed E-state index contributed by atoms with van der Waals surface area (Å²) in [5, 5.41) is 18.1. The van der Waals surface area contributed by atoms with Gasteiger partial charge in [-0.15, -0.1) is 10.2 Å². The van der Waals surface area contributed by atoms with Crippen LogP contribution in [-0.4, -0.2) is 50.6 Å². The van der Waals surface area contributed by atoms with Crippen LogP contribution in [-0.2, 0) is 0 Å². The van der Waals surface area contributed by atoms with Crippen LogP contribution in [0.4, 0.5) is 5.82 Å². The number of anilines is 1. The lowest BCUT2D eigenvalue weighted by Crippen LogP contribution is -2.45. The Morgan fingerprint density at radius 2 is 2.07 bits per heavy atom. The Bertz CT molecular complexity index is 1100. The predicted octanol–water partition coefficient (Wildman–Crippen LogP) is 3.39. The summed E-state index contributed by atoms with van der Waals surface area (Å²) in [6.07, 6.45) is 7.94. The third kappa shape index (κ3) is 3.27. The van der Waals surface area contributed by atoms with Gasteiger partial charge in [-0.3, -0.25) is 0 Å². The summed E-state index contributed by atoms with van der Waals surface area (Å²) in [7, 11) is 2.12. The lowest BCUT2D eigenvalue weighted by Gasteiger charge is -2.35. The third-order valence-electron chi connectivity index (χ3n) is 5.88. The molecule has 7 heteroatoms. The van der Waals surface area contributed by atoms with E-state index in [9.17, 15) is 0 Å². The Morgan fingerprint density at radius 1 is 1.14 bits per heavy atom. The molecule has 1 fully saturated rings. The van der Waals surface area contributed by atoms with E-state index in [0.717, 1.165) is 53.1 Å². The number of hydrogen-bond acceptors (Lipinski definition) is 5. The van der Waals surface area contributed by atoms with E-state index in [0.29, 0.717) is 12.1 Å². The summed E-state index contributed by atoms with van der Waals surface area (Å²) in [5.41, 5.74) is 3.98. The molecule has 3 aromatic heterocycles. The Kier molecular flexibility index (Phi) is 4.52. The molecule has 7 nitrogen and oxygen atoms in total. The van der Waals surface area contributed by atoms with Crippen LogP contribution in [0.25, 0.3) is 27.8 Å². The minimum Gasteiger partial charge on any atom is -0.361 e. The number of H-pyrrole nitrogens is 1. The maximum Gasteiger partial charge on any atom is 0.151 e. The summed E-state index contributed by atoms with van der Waals surface area (Å²) < 4.78 is 1.88. The molecule has 29 heavy (non-hydrogen) atoms. The molecule has 1 saturated heterocycles. The molecule has 1 aliphatic rings. The van der Waals surface area contributed by atoms with Crippen LogP contribution in [0.2, 0.25) is 0 Å². The molecule has 2 atom stereocenters. The molecule has 0 radical (unpaired) electrons. The molecule has 0 spiro atoms. The molecule has 1 aliphatic heterocycles. The molecule has 1 aromatic carbocycles. The highest BCUT2D eigenvalue weighted by Crippen LogP contribution is 2.31. The number of benzene rings is 1. The van der Waals surface area contributed by atoms with Gasteiger partial charge >= 0.3 is 0 Å². The molecule has 0 aliphatic carbocycles. The summed E-state index contributed by atoms with van der Waals surface area (Å²) in [6.45, 7) is 3.29. The number of aromatic nitrogens is 5. The Morgan fingerprint density at radius 3 is 2.83 bits per heavy atom. The van der Waals surface area contributed by atoms with Crippen molar-refractivity contribution in [1.82, 2.24) is 30.3 Å². The van der Waals surface area contributed by atoms with Gasteiger partial charge in [0.2, 0.25) is 0 Å². The predicted molar refractivity (Wildman–Crippen MR) is 115 cm³/mol. The standard InChI is InChI=1S/C22H25N7/c1-15-14-16(8-11-23-15)28(2)21-7-5-19(26-27-21)17-4-6-20(29-13-3-10-25-29)18-9-12-24-22(17)18/h3-7,9-10,12-13,15-16,23-24H,8,11,14H2,1-2H3/t15-,16+/m0/s1. The maximum absolute atomic E-state index is 4.56.